The lowest BCUT2D eigenvalue weighted by molar-refractivity contribution is 0.101. The van der Waals surface area contributed by atoms with E-state index in [1.807, 2.05) is 46.5 Å². The number of pyridine rings is 2. The first-order chi connectivity index (χ1) is 13.8. The molecule has 4 rings (SSSR count). The van der Waals surface area contributed by atoms with Gasteiger partial charge >= 0.3 is 0 Å². The second kappa shape index (κ2) is 8.29. The van der Waals surface area contributed by atoms with Crippen LogP contribution in [0.5, 0.6) is 0 Å². The number of aromatic nitrogens is 4. The summed E-state index contributed by atoms with van der Waals surface area (Å²) in [7, 11) is 0. The molecule has 0 aliphatic heterocycles. The Morgan fingerprint density at radius 1 is 1.07 bits per heavy atom. The van der Waals surface area contributed by atoms with Crippen molar-refractivity contribution in [1.82, 2.24) is 19.5 Å². The van der Waals surface area contributed by atoms with Crippen LogP contribution < -0.4 is 5.32 Å². The fourth-order valence-corrected chi connectivity index (χ4v) is 3.20. The summed E-state index contributed by atoms with van der Waals surface area (Å²) in [5.41, 5.74) is 3.06. The van der Waals surface area contributed by atoms with Crippen LogP contribution >= 0.6 is 11.3 Å². The molecule has 4 aromatic heterocycles. The molecular formula is C21H15N5OS. The van der Waals surface area contributed by atoms with Gasteiger partial charge in [-0.15, -0.1) is 11.3 Å². The molecule has 0 aromatic carbocycles. The highest BCUT2D eigenvalue weighted by Crippen LogP contribution is 2.17. The molecule has 1 N–H and O–H groups in total. The van der Waals surface area contributed by atoms with E-state index in [0.29, 0.717) is 23.1 Å². The molecule has 6 nitrogen and oxygen atoms in total. The number of carbonyl (C=O) groups is 1. The fraction of sp³-hybridized carbons (Fsp3) is 0.0476. The zero-order valence-electron chi connectivity index (χ0n) is 14.7. The third kappa shape index (κ3) is 4.31. The van der Waals surface area contributed by atoms with Gasteiger partial charge in [0.1, 0.15) is 11.4 Å². The largest absolute Gasteiger partial charge is 0.339 e. The number of hydrogen-bond acceptors (Lipinski definition) is 5. The van der Waals surface area contributed by atoms with Crippen LogP contribution in [0.3, 0.4) is 0 Å². The van der Waals surface area contributed by atoms with Crippen molar-refractivity contribution in [3.05, 3.63) is 95.3 Å². The van der Waals surface area contributed by atoms with Gasteiger partial charge in [-0.25, -0.2) is 4.98 Å². The lowest BCUT2D eigenvalue weighted by Crippen LogP contribution is -2.17. The van der Waals surface area contributed by atoms with Gasteiger partial charge in [0.25, 0.3) is 5.91 Å². The Bertz CT molecular complexity index is 1140. The minimum Gasteiger partial charge on any atom is -0.339 e. The highest BCUT2D eigenvalue weighted by atomic mass is 32.1. The summed E-state index contributed by atoms with van der Waals surface area (Å²) in [4.78, 5) is 25.1. The molecule has 0 bridgehead atoms. The van der Waals surface area contributed by atoms with E-state index in [1.54, 1.807) is 30.9 Å². The predicted molar refractivity (Wildman–Crippen MR) is 108 cm³/mol. The summed E-state index contributed by atoms with van der Waals surface area (Å²) >= 11 is 1.34. The number of nitrogens with zero attached hydrogens (tertiary/aromatic N) is 4. The van der Waals surface area contributed by atoms with Gasteiger partial charge in [-0.1, -0.05) is 5.92 Å². The minimum atomic E-state index is -0.208. The Balaban J connectivity index is 1.45. The molecule has 0 aliphatic rings. The number of rotatable bonds is 4. The number of amides is 1. The Morgan fingerprint density at radius 3 is 2.79 bits per heavy atom. The average Bonchev–Trinajstić information content (AvgIpc) is 3.37. The van der Waals surface area contributed by atoms with E-state index >= 15 is 0 Å². The van der Waals surface area contributed by atoms with Gasteiger partial charge in [-0.05, 0) is 47.9 Å². The van der Waals surface area contributed by atoms with Crippen LogP contribution in [0.25, 0.3) is 0 Å². The van der Waals surface area contributed by atoms with Crippen molar-refractivity contribution in [1.29, 1.82) is 0 Å². The summed E-state index contributed by atoms with van der Waals surface area (Å²) in [5, 5.41) is 5.17. The van der Waals surface area contributed by atoms with Gasteiger partial charge in [0.2, 0.25) is 0 Å². The maximum absolute atomic E-state index is 12.7. The summed E-state index contributed by atoms with van der Waals surface area (Å²) < 4.78 is 1.89. The summed E-state index contributed by atoms with van der Waals surface area (Å²) in [6.45, 7) is 0.595. The average molecular weight is 385 g/mol. The quantitative estimate of drug-likeness (QED) is 0.546. The smallest absolute Gasteiger partial charge is 0.274 e. The molecule has 7 heteroatoms. The van der Waals surface area contributed by atoms with Crippen molar-refractivity contribution in [2.75, 3.05) is 5.32 Å². The molecule has 28 heavy (non-hydrogen) atoms. The topological polar surface area (TPSA) is 72.7 Å². The van der Waals surface area contributed by atoms with Crippen LogP contribution in [0.2, 0.25) is 0 Å². The second-order valence-corrected chi connectivity index (χ2v) is 6.72. The standard InChI is InChI=1S/C21H15N5OS/c27-20(19-4-2-12-26(19)14-17-7-10-22-11-8-17)25-21-24-18(15-28-21)6-5-16-3-1-9-23-13-16/h1-4,7-13,15H,14H2,(H,24,25,27). The Labute approximate surface area is 165 Å². The Hall–Kier alpha value is -3.76. The van der Waals surface area contributed by atoms with Crippen molar-refractivity contribution in [3.63, 3.8) is 0 Å². The van der Waals surface area contributed by atoms with Crippen molar-refractivity contribution < 1.29 is 4.79 Å². The van der Waals surface area contributed by atoms with Crippen molar-refractivity contribution in [2.45, 2.75) is 6.54 Å². The normalized spacial score (nSPS) is 10.1. The highest BCUT2D eigenvalue weighted by molar-refractivity contribution is 7.14. The molecule has 4 aromatic rings. The van der Waals surface area contributed by atoms with Gasteiger partial charge in [0, 0.05) is 48.5 Å². The lowest BCUT2D eigenvalue weighted by atomic mass is 10.2. The van der Waals surface area contributed by atoms with Crippen molar-refractivity contribution in [3.8, 4) is 11.8 Å². The fourth-order valence-electron chi connectivity index (χ4n) is 2.57. The number of thiazole rings is 1. The third-order valence-electron chi connectivity index (χ3n) is 3.89. The van der Waals surface area contributed by atoms with Crippen LogP contribution in [-0.2, 0) is 6.54 Å². The van der Waals surface area contributed by atoms with Crippen LogP contribution in [0, 0.1) is 11.8 Å². The van der Waals surface area contributed by atoms with Crippen molar-refractivity contribution >= 4 is 22.4 Å². The maximum Gasteiger partial charge on any atom is 0.274 e. The molecule has 0 saturated carbocycles. The van der Waals surface area contributed by atoms with Gasteiger partial charge in [0.05, 0.1) is 0 Å². The van der Waals surface area contributed by atoms with Crippen molar-refractivity contribution in [2.24, 2.45) is 0 Å². The van der Waals surface area contributed by atoms with E-state index in [-0.39, 0.29) is 5.91 Å². The number of anilines is 1. The Kier molecular flexibility index (Phi) is 5.22. The molecule has 4 heterocycles. The molecule has 0 fully saturated rings. The first-order valence-corrected chi connectivity index (χ1v) is 9.39. The maximum atomic E-state index is 12.7. The van der Waals surface area contributed by atoms with E-state index in [9.17, 15) is 4.79 Å². The molecule has 1 amide bonds. The molecule has 0 radical (unpaired) electrons. The van der Waals surface area contributed by atoms with Gasteiger partial charge < -0.3 is 4.57 Å². The zero-order chi connectivity index (χ0) is 19.2. The number of nitrogens with one attached hydrogen (secondary N) is 1. The molecule has 0 atom stereocenters. The minimum absolute atomic E-state index is 0.208. The molecule has 0 unspecified atom stereocenters. The molecule has 0 saturated heterocycles. The SMILES string of the molecule is O=C(Nc1nc(C#Cc2cccnc2)cs1)c1cccn1Cc1ccncc1. The van der Waals surface area contributed by atoms with E-state index < -0.39 is 0 Å². The molecule has 136 valence electrons. The molecular weight excluding hydrogens is 370 g/mol. The molecule has 0 spiro atoms. The van der Waals surface area contributed by atoms with E-state index in [1.165, 1.54) is 11.3 Å². The first kappa shape index (κ1) is 17.6. The van der Waals surface area contributed by atoms with Crippen LogP contribution in [0.15, 0.2) is 72.8 Å². The Morgan fingerprint density at radius 2 is 1.96 bits per heavy atom. The summed E-state index contributed by atoms with van der Waals surface area (Å²) in [5.74, 6) is 5.77. The second-order valence-electron chi connectivity index (χ2n) is 5.86. The highest BCUT2D eigenvalue weighted by Gasteiger charge is 2.13. The number of carbonyl (C=O) groups excluding carboxylic acids is 1. The lowest BCUT2D eigenvalue weighted by Gasteiger charge is -2.08. The first-order valence-electron chi connectivity index (χ1n) is 8.51. The molecule has 0 aliphatic carbocycles. The van der Waals surface area contributed by atoms with Crippen LogP contribution in [-0.4, -0.2) is 25.4 Å². The van der Waals surface area contributed by atoms with Gasteiger partial charge in [0.15, 0.2) is 5.13 Å². The van der Waals surface area contributed by atoms with E-state index in [4.69, 9.17) is 0 Å². The monoisotopic (exact) mass is 385 g/mol. The van der Waals surface area contributed by atoms with Gasteiger partial charge in [-0.2, -0.15) is 0 Å². The summed E-state index contributed by atoms with van der Waals surface area (Å²) in [6.07, 6.45) is 8.75. The predicted octanol–water partition coefficient (Wildman–Crippen LogP) is 3.44. The van der Waals surface area contributed by atoms with Crippen LogP contribution in [0.4, 0.5) is 5.13 Å². The number of hydrogen-bond donors (Lipinski definition) is 1. The van der Waals surface area contributed by atoms with E-state index in [2.05, 4.69) is 32.1 Å². The van der Waals surface area contributed by atoms with Crippen LogP contribution in [0.1, 0.15) is 27.3 Å². The van der Waals surface area contributed by atoms with E-state index in [0.717, 1.165) is 11.1 Å². The van der Waals surface area contributed by atoms with Gasteiger partial charge in [-0.3, -0.25) is 20.1 Å². The zero-order valence-corrected chi connectivity index (χ0v) is 15.6. The summed E-state index contributed by atoms with van der Waals surface area (Å²) in [6, 6.07) is 11.2. The third-order valence-corrected chi connectivity index (χ3v) is 4.64.